The standard InChI is InChI=1S/C16H16ClFO/c1-11-5-3-4-6-13(11)16(2,19)10-12-7-8-15(18)14(17)9-12/h3-9,19H,10H2,1-2H3. The number of hydrogen-bond donors (Lipinski definition) is 1. The highest BCUT2D eigenvalue weighted by atomic mass is 35.5. The van der Waals surface area contributed by atoms with Gasteiger partial charge in [-0.25, -0.2) is 4.39 Å². The lowest BCUT2D eigenvalue weighted by Gasteiger charge is -2.26. The first-order valence-electron chi connectivity index (χ1n) is 6.12. The van der Waals surface area contributed by atoms with Crippen molar-refractivity contribution in [2.45, 2.75) is 25.9 Å². The van der Waals surface area contributed by atoms with Crippen LogP contribution in [0.2, 0.25) is 5.02 Å². The molecule has 0 aliphatic heterocycles. The van der Waals surface area contributed by atoms with Crippen molar-refractivity contribution in [2.24, 2.45) is 0 Å². The van der Waals surface area contributed by atoms with E-state index in [0.717, 1.165) is 16.7 Å². The Morgan fingerprint density at radius 2 is 1.89 bits per heavy atom. The summed E-state index contributed by atoms with van der Waals surface area (Å²) in [7, 11) is 0. The molecule has 0 aromatic heterocycles. The van der Waals surface area contributed by atoms with Gasteiger partial charge >= 0.3 is 0 Å². The van der Waals surface area contributed by atoms with Gasteiger partial charge in [0, 0.05) is 6.42 Å². The summed E-state index contributed by atoms with van der Waals surface area (Å²) >= 11 is 5.76. The van der Waals surface area contributed by atoms with E-state index in [2.05, 4.69) is 0 Å². The number of rotatable bonds is 3. The molecule has 2 aromatic carbocycles. The Balaban J connectivity index is 2.31. The number of aryl methyl sites for hydroxylation is 1. The van der Waals surface area contributed by atoms with Gasteiger partial charge in [-0.05, 0) is 42.7 Å². The maximum atomic E-state index is 13.1. The fourth-order valence-corrected chi connectivity index (χ4v) is 2.52. The molecular formula is C16H16ClFO. The minimum atomic E-state index is -1.01. The average molecular weight is 279 g/mol. The van der Waals surface area contributed by atoms with Crippen molar-refractivity contribution in [1.82, 2.24) is 0 Å². The SMILES string of the molecule is Cc1ccccc1C(C)(O)Cc1ccc(F)c(Cl)c1. The summed E-state index contributed by atoms with van der Waals surface area (Å²) in [6.45, 7) is 3.72. The summed E-state index contributed by atoms with van der Waals surface area (Å²) in [5.41, 5.74) is 1.70. The van der Waals surface area contributed by atoms with E-state index in [1.165, 1.54) is 6.07 Å². The first-order valence-corrected chi connectivity index (χ1v) is 6.50. The van der Waals surface area contributed by atoms with Crippen molar-refractivity contribution < 1.29 is 9.50 Å². The maximum absolute atomic E-state index is 13.1. The number of halogens is 2. The van der Waals surface area contributed by atoms with Gasteiger partial charge in [0.25, 0.3) is 0 Å². The summed E-state index contributed by atoms with van der Waals surface area (Å²) in [6, 6.07) is 12.2. The van der Waals surface area contributed by atoms with Gasteiger partial charge in [0.1, 0.15) is 5.82 Å². The third-order valence-corrected chi connectivity index (χ3v) is 3.55. The zero-order valence-corrected chi connectivity index (χ0v) is 11.7. The van der Waals surface area contributed by atoms with Crippen LogP contribution < -0.4 is 0 Å². The van der Waals surface area contributed by atoms with Gasteiger partial charge in [0.2, 0.25) is 0 Å². The molecule has 1 nitrogen and oxygen atoms in total. The van der Waals surface area contributed by atoms with Crippen molar-refractivity contribution in [3.8, 4) is 0 Å². The van der Waals surface area contributed by atoms with Crippen LogP contribution >= 0.6 is 11.6 Å². The van der Waals surface area contributed by atoms with E-state index in [9.17, 15) is 9.50 Å². The largest absolute Gasteiger partial charge is 0.385 e. The van der Waals surface area contributed by atoms with Crippen LogP contribution in [0.4, 0.5) is 4.39 Å². The number of hydrogen-bond acceptors (Lipinski definition) is 1. The van der Waals surface area contributed by atoms with Crippen LogP contribution in [-0.2, 0) is 12.0 Å². The molecule has 19 heavy (non-hydrogen) atoms. The Bertz CT molecular complexity index is 593. The molecule has 1 unspecified atom stereocenters. The van der Waals surface area contributed by atoms with Crippen LogP contribution in [0, 0.1) is 12.7 Å². The molecule has 1 atom stereocenters. The average Bonchev–Trinajstić information content (AvgIpc) is 2.34. The molecule has 0 saturated carbocycles. The molecule has 0 radical (unpaired) electrons. The van der Waals surface area contributed by atoms with Gasteiger partial charge in [-0.2, -0.15) is 0 Å². The molecular weight excluding hydrogens is 263 g/mol. The van der Waals surface area contributed by atoms with Gasteiger partial charge in [0.05, 0.1) is 10.6 Å². The molecule has 2 rings (SSSR count). The van der Waals surface area contributed by atoms with Gasteiger partial charge in [-0.1, -0.05) is 41.9 Å². The Hall–Kier alpha value is -1.38. The molecule has 0 saturated heterocycles. The van der Waals surface area contributed by atoms with Crippen LogP contribution in [0.15, 0.2) is 42.5 Å². The molecule has 2 aromatic rings. The summed E-state index contributed by atoms with van der Waals surface area (Å²) in [6.07, 6.45) is 0.387. The minimum absolute atomic E-state index is 0.0816. The molecule has 0 aliphatic rings. The molecule has 1 N–H and O–H groups in total. The van der Waals surface area contributed by atoms with Gasteiger partial charge in [-0.15, -0.1) is 0 Å². The number of aliphatic hydroxyl groups is 1. The second kappa shape index (κ2) is 5.32. The van der Waals surface area contributed by atoms with Crippen LogP contribution in [0.25, 0.3) is 0 Å². The van der Waals surface area contributed by atoms with Gasteiger partial charge in [-0.3, -0.25) is 0 Å². The van der Waals surface area contributed by atoms with Crippen molar-refractivity contribution >= 4 is 11.6 Å². The van der Waals surface area contributed by atoms with Crippen LogP contribution in [0.3, 0.4) is 0 Å². The molecule has 0 aliphatic carbocycles. The second-order valence-corrected chi connectivity index (χ2v) is 5.42. The summed E-state index contributed by atoms with van der Waals surface area (Å²) in [5, 5.41) is 10.7. The topological polar surface area (TPSA) is 20.2 Å². The Morgan fingerprint density at radius 1 is 1.21 bits per heavy atom. The Morgan fingerprint density at radius 3 is 2.53 bits per heavy atom. The monoisotopic (exact) mass is 278 g/mol. The van der Waals surface area contributed by atoms with E-state index in [-0.39, 0.29) is 5.02 Å². The molecule has 0 bridgehead atoms. The third-order valence-electron chi connectivity index (χ3n) is 3.26. The summed E-state index contributed by atoms with van der Waals surface area (Å²) in [4.78, 5) is 0. The van der Waals surface area contributed by atoms with E-state index in [1.54, 1.807) is 19.1 Å². The second-order valence-electron chi connectivity index (χ2n) is 5.01. The zero-order chi connectivity index (χ0) is 14.0. The smallest absolute Gasteiger partial charge is 0.141 e. The summed E-state index contributed by atoms with van der Waals surface area (Å²) < 4.78 is 13.1. The molecule has 0 fully saturated rings. The maximum Gasteiger partial charge on any atom is 0.141 e. The van der Waals surface area contributed by atoms with E-state index < -0.39 is 11.4 Å². The summed E-state index contributed by atoms with van der Waals surface area (Å²) in [5.74, 6) is -0.444. The van der Waals surface area contributed by atoms with Crippen molar-refractivity contribution in [3.63, 3.8) is 0 Å². The Labute approximate surface area is 117 Å². The molecule has 0 spiro atoms. The lowest BCUT2D eigenvalue weighted by atomic mass is 9.86. The molecule has 3 heteroatoms. The zero-order valence-electron chi connectivity index (χ0n) is 11.0. The molecule has 100 valence electrons. The van der Waals surface area contributed by atoms with E-state index in [0.29, 0.717) is 6.42 Å². The van der Waals surface area contributed by atoms with Crippen LogP contribution in [0.1, 0.15) is 23.6 Å². The van der Waals surface area contributed by atoms with Crippen molar-refractivity contribution in [2.75, 3.05) is 0 Å². The lowest BCUT2D eigenvalue weighted by molar-refractivity contribution is 0.0570. The van der Waals surface area contributed by atoms with Gasteiger partial charge in [0.15, 0.2) is 0 Å². The fourth-order valence-electron chi connectivity index (χ4n) is 2.32. The minimum Gasteiger partial charge on any atom is -0.385 e. The highest BCUT2D eigenvalue weighted by molar-refractivity contribution is 6.30. The normalized spacial score (nSPS) is 14.2. The van der Waals surface area contributed by atoms with Gasteiger partial charge < -0.3 is 5.11 Å². The van der Waals surface area contributed by atoms with E-state index >= 15 is 0 Å². The number of benzene rings is 2. The molecule has 0 amide bonds. The third kappa shape index (κ3) is 3.14. The van der Waals surface area contributed by atoms with E-state index in [1.807, 2.05) is 31.2 Å². The van der Waals surface area contributed by atoms with E-state index in [4.69, 9.17) is 11.6 Å². The van der Waals surface area contributed by atoms with Crippen LogP contribution in [-0.4, -0.2) is 5.11 Å². The van der Waals surface area contributed by atoms with Crippen LogP contribution in [0.5, 0.6) is 0 Å². The predicted octanol–water partition coefficient (Wildman–Crippen LogP) is 4.24. The first-order chi connectivity index (χ1) is 8.90. The highest BCUT2D eigenvalue weighted by Crippen LogP contribution is 2.29. The lowest BCUT2D eigenvalue weighted by Crippen LogP contribution is -2.25. The quantitative estimate of drug-likeness (QED) is 0.890. The van der Waals surface area contributed by atoms with Crippen molar-refractivity contribution in [3.05, 3.63) is 70.0 Å². The predicted molar refractivity (Wildman–Crippen MR) is 75.9 cm³/mol. The Kier molecular flexibility index (Phi) is 3.93. The fraction of sp³-hybridized carbons (Fsp3) is 0.250. The van der Waals surface area contributed by atoms with Crippen molar-refractivity contribution in [1.29, 1.82) is 0 Å². The first kappa shape index (κ1) is 14.0. The molecule has 0 heterocycles. The highest BCUT2D eigenvalue weighted by Gasteiger charge is 2.25.